The minimum atomic E-state index is -0.997. The van der Waals surface area contributed by atoms with Crippen LogP contribution in [0.15, 0.2) is 28.8 Å². The third-order valence-corrected chi connectivity index (χ3v) is 4.78. The summed E-state index contributed by atoms with van der Waals surface area (Å²) in [4.78, 5) is 36.4. The van der Waals surface area contributed by atoms with E-state index in [1.807, 2.05) is 18.2 Å². The van der Waals surface area contributed by atoms with E-state index in [0.717, 1.165) is 19.3 Å². The van der Waals surface area contributed by atoms with Crippen molar-refractivity contribution in [2.45, 2.75) is 58.5 Å². The lowest BCUT2D eigenvalue weighted by molar-refractivity contribution is -0.153. The van der Waals surface area contributed by atoms with E-state index < -0.39 is 18.0 Å². The van der Waals surface area contributed by atoms with Gasteiger partial charge in [-0.05, 0) is 56.7 Å². The number of ether oxygens (including phenoxy) is 1. The molecule has 0 radical (unpaired) electrons. The van der Waals surface area contributed by atoms with E-state index >= 15 is 0 Å². The van der Waals surface area contributed by atoms with Crippen LogP contribution in [0.1, 0.15) is 59.9 Å². The van der Waals surface area contributed by atoms with E-state index in [2.05, 4.69) is 10.5 Å². The zero-order valence-corrected chi connectivity index (χ0v) is 16.1. The zero-order valence-electron chi connectivity index (χ0n) is 16.1. The molecular formula is C21H24N2O5. The van der Waals surface area contributed by atoms with Crippen LogP contribution in [0.4, 0.5) is 5.82 Å². The van der Waals surface area contributed by atoms with Crippen LogP contribution in [0, 0.1) is 6.92 Å². The van der Waals surface area contributed by atoms with Gasteiger partial charge in [0.25, 0.3) is 5.91 Å². The van der Waals surface area contributed by atoms with Crippen LogP contribution in [-0.2, 0) is 27.2 Å². The highest BCUT2D eigenvalue weighted by Gasteiger charge is 2.20. The summed E-state index contributed by atoms with van der Waals surface area (Å²) in [6.07, 6.45) is 3.37. The van der Waals surface area contributed by atoms with Crippen molar-refractivity contribution in [2.24, 2.45) is 0 Å². The van der Waals surface area contributed by atoms with Gasteiger partial charge in [-0.3, -0.25) is 14.4 Å². The number of rotatable bonds is 7. The fourth-order valence-electron chi connectivity index (χ4n) is 3.23. The topological polar surface area (TPSA) is 98.5 Å². The van der Waals surface area contributed by atoms with Crippen LogP contribution in [0.25, 0.3) is 0 Å². The van der Waals surface area contributed by atoms with E-state index in [9.17, 15) is 14.4 Å². The van der Waals surface area contributed by atoms with Gasteiger partial charge in [0, 0.05) is 18.1 Å². The molecule has 0 bridgehead atoms. The number of fused-ring (bicyclic) bond motifs is 1. The molecule has 0 saturated carbocycles. The number of carbonyl (C=O) groups excluding carboxylic acids is 3. The lowest BCUT2D eigenvalue weighted by Crippen LogP contribution is -2.30. The van der Waals surface area contributed by atoms with Crippen LogP contribution >= 0.6 is 0 Å². The Labute approximate surface area is 163 Å². The van der Waals surface area contributed by atoms with Crippen LogP contribution in [0.2, 0.25) is 0 Å². The molecule has 2 aromatic rings. The summed E-state index contributed by atoms with van der Waals surface area (Å²) in [5.41, 5.74) is 3.16. The lowest BCUT2D eigenvalue weighted by atomic mass is 9.89. The first-order valence-corrected chi connectivity index (χ1v) is 9.51. The van der Waals surface area contributed by atoms with E-state index in [-0.39, 0.29) is 24.4 Å². The average Bonchev–Trinajstić information content (AvgIpc) is 3.10. The van der Waals surface area contributed by atoms with Crippen molar-refractivity contribution in [3.05, 3.63) is 46.7 Å². The highest BCUT2D eigenvalue weighted by molar-refractivity contribution is 5.98. The fourth-order valence-corrected chi connectivity index (χ4v) is 3.23. The molecule has 0 fully saturated rings. The highest BCUT2D eigenvalue weighted by Crippen LogP contribution is 2.23. The van der Waals surface area contributed by atoms with Crippen molar-refractivity contribution >= 4 is 23.5 Å². The monoisotopic (exact) mass is 384 g/mol. The molecule has 148 valence electrons. The van der Waals surface area contributed by atoms with Gasteiger partial charge in [0.15, 0.2) is 17.7 Å². The molecule has 1 heterocycles. The Morgan fingerprint density at radius 3 is 2.61 bits per heavy atom. The maximum atomic E-state index is 12.4. The number of carbonyl (C=O) groups is 3. The maximum absolute atomic E-state index is 12.4. The Bertz CT molecular complexity index is 887. The molecule has 1 aliphatic rings. The average molecular weight is 384 g/mol. The highest BCUT2D eigenvalue weighted by atomic mass is 16.5. The first-order valence-electron chi connectivity index (χ1n) is 9.51. The van der Waals surface area contributed by atoms with Crippen LogP contribution in [0.3, 0.4) is 0 Å². The molecule has 7 nitrogen and oxygen atoms in total. The Kier molecular flexibility index (Phi) is 6.23. The molecule has 1 aromatic heterocycles. The predicted molar refractivity (Wildman–Crippen MR) is 102 cm³/mol. The number of aryl methyl sites for hydroxylation is 3. The standard InChI is InChI=1S/C21H24N2O5/c1-13-11-19(23-28-13)22-21(26)14(2)27-20(25)10-9-18(24)17-8-7-15-5-3-4-6-16(15)12-17/h7-8,11-12,14H,3-6,9-10H2,1-2H3,(H,22,23,26)/t14-/m0/s1. The Morgan fingerprint density at radius 2 is 1.89 bits per heavy atom. The molecule has 7 heteroatoms. The number of Topliss-reactive ketones (excluding diaryl/α,β-unsaturated/α-hetero) is 1. The number of ketones is 1. The number of benzene rings is 1. The van der Waals surface area contributed by atoms with Gasteiger partial charge in [0.1, 0.15) is 5.76 Å². The number of hydrogen-bond donors (Lipinski definition) is 1. The van der Waals surface area contributed by atoms with Crippen molar-refractivity contribution in [3.8, 4) is 0 Å². The number of nitrogens with zero attached hydrogens (tertiary/aromatic N) is 1. The molecule has 28 heavy (non-hydrogen) atoms. The molecule has 0 aliphatic heterocycles. The number of nitrogens with one attached hydrogen (secondary N) is 1. The number of esters is 1. The number of anilines is 1. The molecular weight excluding hydrogens is 360 g/mol. The Hall–Kier alpha value is -2.96. The molecule has 1 aliphatic carbocycles. The Balaban J connectivity index is 1.46. The second-order valence-electron chi connectivity index (χ2n) is 7.06. The molecule has 1 atom stereocenters. The molecule has 0 spiro atoms. The predicted octanol–water partition coefficient (Wildman–Crippen LogP) is 3.40. The summed E-state index contributed by atoms with van der Waals surface area (Å²) in [7, 11) is 0. The first kappa shape index (κ1) is 19.8. The van der Waals surface area contributed by atoms with Gasteiger partial charge in [-0.15, -0.1) is 0 Å². The molecule has 0 saturated heterocycles. The maximum Gasteiger partial charge on any atom is 0.307 e. The SMILES string of the molecule is Cc1cc(NC(=O)[C@H](C)OC(=O)CCC(=O)c2ccc3c(c2)CCCC3)no1. The Morgan fingerprint density at radius 1 is 1.14 bits per heavy atom. The lowest BCUT2D eigenvalue weighted by Gasteiger charge is -2.16. The largest absolute Gasteiger partial charge is 0.453 e. The number of hydrogen-bond acceptors (Lipinski definition) is 6. The summed E-state index contributed by atoms with van der Waals surface area (Å²) in [5, 5.41) is 6.15. The van der Waals surface area contributed by atoms with Crippen molar-refractivity contribution in [1.82, 2.24) is 5.16 Å². The van der Waals surface area contributed by atoms with E-state index in [4.69, 9.17) is 9.26 Å². The van der Waals surface area contributed by atoms with Crippen LogP contribution in [0.5, 0.6) is 0 Å². The van der Waals surface area contributed by atoms with Crippen molar-refractivity contribution in [1.29, 1.82) is 0 Å². The molecule has 0 unspecified atom stereocenters. The summed E-state index contributed by atoms with van der Waals surface area (Å²) in [5.74, 6) is -0.387. The molecule has 3 rings (SSSR count). The minimum absolute atomic E-state index is 0.0500. The van der Waals surface area contributed by atoms with Crippen molar-refractivity contribution in [3.63, 3.8) is 0 Å². The second kappa shape index (κ2) is 8.82. The summed E-state index contributed by atoms with van der Waals surface area (Å²) >= 11 is 0. The molecule has 1 amide bonds. The third-order valence-electron chi connectivity index (χ3n) is 4.78. The smallest absolute Gasteiger partial charge is 0.307 e. The van der Waals surface area contributed by atoms with Gasteiger partial charge in [-0.2, -0.15) is 0 Å². The fraction of sp³-hybridized carbons (Fsp3) is 0.429. The van der Waals surface area contributed by atoms with Gasteiger partial charge in [-0.1, -0.05) is 17.3 Å². The third kappa shape index (κ3) is 5.06. The van der Waals surface area contributed by atoms with Gasteiger partial charge < -0.3 is 14.6 Å². The van der Waals surface area contributed by atoms with Gasteiger partial charge in [0.2, 0.25) is 0 Å². The first-order chi connectivity index (χ1) is 13.4. The second-order valence-corrected chi connectivity index (χ2v) is 7.06. The van der Waals surface area contributed by atoms with Gasteiger partial charge in [0.05, 0.1) is 6.42 Å². The zero-order chi connectivity index (χ0) is 20.1. The molecule has 1 N–H and O–H groups in total. The normalized spacial score (nSPS) is 14.1. The van der Waals surface area contributed by atoms with Crippen molar-refractivity contribution < 1.29 is 23.6 Å². The summed E-state index contributed by atoms with van der Waals surface area (Å²) < 4.78 is 9.96. The summed E-state index contributed by atoms with van der Waals surface area (Å²) in [6.45, 7) is 3.16. The van der Waals surface area contributed by atoms with Crippen LogP contribution in [-0.4, -0.2) is 28.9 Å². The quantitative estimate of drug-likeness (QED) is 0.580. The summed E-state index contributed by atoms with van der Waals surface area (Å²) in [6, 6.07) is 7.34. The van der Waals surface area contributed by atoms with E-state index in [1.54, 1.807) is 13.0 Å². The molecule has 1 aromatic carbocycles. The van der Waals surface area contributed by atoms with Gasteiger partial charge in [-0.25, -0.2) is 0 Å². The van der Waals surface area contributed by atoms with E-state index in [0.29, 0.717) is 11.3 Å². The number of aromatic nitrogens is 1. The minimum Gasteiger partial charge on any atom is -0.453 e. The number of amides is 1. The van der Waals surface area contributed by atoms with Gasteiger partial charge >= 0.3 is 5.97 Å². The van der Waals surface area contributed by atoms with Crippen LogP contribution < -0.4 is 5.32 Å². The van der Waals surface area contributed by atoms with E-state index in [1.165, 1.54) is 24.5 Å². The van der Waals surface area contributed by atoms with Crippen molar-refractivity contribution in [2.75, 3.05) is 5.32 Å².